The lowest BCUT2D eigenvalue weighted by Gasteiger charge is -2.06. The lowest BCUT2D eigenvalue weighted by atomic mass is 10.4. The molecule has 0 unspecified atom stereocenters. The van der Waals surface area contributed by atoms with Crippen molar-refractivity contribution < 1.29 is 28.7 Å². The van der Waals surface area contributed by atoms with Gasteiger partial charge in [0.2, 0.25) is 11.5 Å². The van der Waals surface area contributed by atoms with E-state index in [0.717, 1.165) is 31.1 Å². The van der Waals surface area contributed by atoms with Crippen LogP contribution >= 0.6 is 0 Å². The number of methoxy groups -OCH3 is 2. The van der Waals surface area contributed by atoms with Crippen LogP contribution in [0.15, 0.2) is 30.5 Å². The zero-order chi connectivity index (χ0) is 16.7. The molecule has 0 spiro atoms. The third kappa shape index (κ3) is 3.72. The Bertz CT molecular complexity index is 630. The molecule has 1 aromatic rings. The Hall–Kier alpha value is -3.10. The molecule has 0 aliphatic carbocycles. The van der Waals surface area contributed by atoms with Crippen LogP contribution in [0.25, 0.3) is 6.20 Å². The van der Waals surface area contributed by atoms with Crippen LogP contribution in [-0.2, 0) is 19.0 Å². The Morgan fingerprint density at radius 3 is 2.55 bits per heavy atom. The fraction of sp³-hybridized carbons (Fsp3) is 0.231. The van der Waals surface area contributed by atoms with Crippen LogP contribution in [0.4, 0.5) is 5.82 Å². The zero-order valence-electron chi connectivity index (χ0n) is 12.0. The molecule has 1 heterocycles. The van der Waals surface area contributed by atoms with Crippen molar-refractivity contribution in [1.29, 1.82) is 0 Å². The predicted molar refractivity (Wildman–Crippen MR) is 74.9 cm³/mol. The molecule has 0 radical (unpaired) electrons. The summed E-state index contributed by atoms with van der Waals surface area (Å²) >= 11 is 0. The quantitative estimate of drug-likeness (QED) is 0.187. The molecule has 0 saturated carbocycles. The summed E-state index contributed by atoms with van der Waals surface area (Å²) < 4.78 is 15.0. The summed E-state index contributed by atoms with van der Waals surface area (Å²) in [6.07, 6.45) is 2.36. The smallest absolute Gasteiger partial charge is 0.378 e. The Labute approximate surface area is 125 Å². The Kier molecular flexibility index (Phi) is 5.87. The molecule has 118 valence electrons. The Balaban J connectivity index is 3.41. The second-order valence-corrected chi connectivity index (χ2v) is 3.78. The van der Waals surface area contributed by atoms with Gasteiger partial charge in [0.1, 0.15) is 12.8 Å². The van der Waals surface area contributed by atoms with Crippen molar-refractivity contribution in [2.45, 2.75) is 0 Å². The molecule has 9 nitrogen and oxygen atoms in total. The summed E-state index contributed by atoms with van der Waals surface area (Å²) in [5, 5.41) is 11.0. The van der Waals surface area contributed by atoms with Gasteiger partial charge in [0.15, 0.2) is 0 Å². The first-order valence-corrected chi connectivity index (χ1v) is 5.94. The van der Waals surface area contributed by atoms with Crippen LogP contribution in [0.3, 0.4) is 0 Å². The van der Waals surface area contributed by atoms with Gasteiger partial charge in [-0.25, -0.2) is 9.59 Å². The SMILES string of the molecule is C=CCO/C(=C\n1c(C(=O)OC)ccc1[N+](=O)[O-])C(=O)OC. The van der Waals surface area contributed by atoms with Gasteiger partial charge in [0.05, 0.1) is 14.2 Å². The standard InChI is InChI=1S/C13H14N2O7/c1-4-7-22-10(13(17)21-3)8-14-9(12(16)20-2)5-6-11(14)15(18)19/h4-6,8H,1,7H2,2-3H3/b10-8-. The van der Waals surface area contributed by atoms with Crippen LogP contribution in [0.1, 0.15) is 10.5 Å². The summed E-state index contributed by atoms with van der Waals surface area (Å²) in [7, 11) is 2.25. The molecule has 1 rings (SSSR count). The van der Waals surface area contributed by atoms with Gasteiger partial charge in [-0.1, -0.05) is 12.7 Å². The van der Waals surface area contributed by atoms with Crippen LogP contribution in [0, 0.1) is 10.1 Å². The van der Waals surface area contributed by atoms with E-state index >= 15 is 0 Å². The van der Waals surface area contributed by atoms with Gasteiger partial charge in [0.25, 0.3) is 0 Å². The lowest BCUT2D eigenvalue weighted by Crippen LogP contribution is -2.13. The number of rotatable bonds is 7. The molecule has 22 heavy (non-hydrogen) atoms. The molecule has 0 N–H and O–H groups in total. The number of nitrogens with zero attached hydrogens (tertiary/aromatic N) is 2. The molecule has 0 aliphatic rings. The van der Waals surface area contributed by atoms with E-state index in [1.54, 1.807) is 0 Å². The molecule has 0 bridgehead atoms. The lowest BCUT2D eigenvalue weighted by molar-refractivity contribution is -0.390. The van der Waals surface area contributed by atoms with Crippen molar-refractivity contribution in [2.75, 3.05) is 20.8 Å². The summed E-state index contributed by atoms with van der Waals surface area (Å²) in [5.41, 5.74) is -0.141. The monoisotopic (exact) mass is 310 g/mol. The third-order valence-electron chi connectivity index (χ3n) is 2.47. The van der Waals surface area contributed by atoms with Crippen LogP contribution in [0.2, 0.25) is 0 Å². The minimum absolute atomic E-state index is 0.0242. The van der Waals surface area contributed by atoms with Crippen LogP contribution in [-0.4, -0.2) is 42.3 Å². The van der Waals surface area contributed by atoms with Crippen molar-refractivity contribution >= 4 is 24.0 Å². The van der Waals surface area contributed by atoms with E-state index in [0.29, 0.717) is 0 Å². The van der Waals surface area contributed by atoms with E-state index in [1.807, 2.05) is 0 Å². The second-order valence-electron chi connectivity index (χ2n) is 3.78. The number of ether oxygens (including phenoxy) is 3. The summed E-state index contributed by atoms with van der Waals surface area (Å²) in [6.45, 7) is 3.40. The number of hydrogen-bond donors (Lipinski definition) is 0. The number of carbonyl (C=O) groups is 2. The highest BCUT2D eigenvalue weighted by molar-refractivity contribution is 5.92. The average Bonchev–Trinajstić information content (AvgIpc) is 2.93. The van der Waals surface area contributed by atoms with Crippen LogP contribution in [0.5, 0.6) is 0 Å². The van der Waals surface area contributed by atoms with Gasteiger partial charge in [-0.2, -0.15) is 4.57 Å². The number of esters is 2. The first kappa shape index (κ1) is 17.0. The van der Waals surface area contributed by atoms with Gasteiger partial charge in [-0.3, -0.25) is 0 Å². The van der Waals surface area contributed by atoms with Gasteiger partial charge in [0, 0.05) is 12.1 Å². The van der Waals surface area contributed by atoms with E-state index in [9.17, 15) is 19.7 Å². The largest absolute Gasteiger partial charge is 0.480 e. The second kappa shape index (κ2) is 7.62. The number of nitro groups is 1. The summed E-state index contributed by atoms with van der Waals surface area (Å²) in [4.78, 5) is 33.6. The number of carbonyl (C=O) groups excluding carboxylic acids is 2. The highest BCUT2D eigenvalue weighted by Crippen LogP contribution is 2.20. The molecule has 0 aliphatic heterocycles. The average molecular weight is 310 g/mol. The Morgan fingerprint density at radius 2 is 2.05 bits per heavy atom. The van der Waals surface area contributed by atoms with E-state index in [2.05, 4.69) is 16.1 Å². The normalized spacial score (nSPS) is 10.7. The minimum atomic E-state index is -0.860. The van der Waals surface area contributed by atoms with Crippen molar-refractivity contribution in [3.8, 4) is 0 Å². The molecule has 0 atom stereocenters. The minimum Gasteiger partial charge on any atom is -0.480 e. The summed E-state index contributed by atoms with van der Waals surface area (Å²) in [6, 6.07) is 2.30. The molecule has 0 fully saturated rings. The summed E-state index contributed by atoms with van der Waals surface area (Å²) in [5.74, 6) is -2.44. The molecular formula is C13H14N2O7. The maximum atomic E-state index is 11.6. The highest BCUT2D eigenvalue weighted by Gasteiger charge is 2.25. The number of hydrogen-bond acceptors (Lipinski definition) is 7. The molecular weight excluding hydrogens is 296 g/mol. The molecule has 9 heteroatoms. The van der Waals surface area contributed by atoms with Crippen molar-refractivity contribution in [2.24, 2.45) is 0 Å². The fourth-order valence-corrected chi connectivity index (χ4v) is 1.51. The first-order chi connectivity index (χ1) is 10.5. The van der Waals surface area contributed by atoms with Crippen molar-refractivity contribution in [1.82, 2.24) is 4.57 Å². The van der Waals surface area contributed by atoms with Crippen molar-refractivity contribution in [3.05, 3.63) is 46.4 Å². The van der Waals surface area contributed by atoms with Gasteiger partial charge >= 0.3 is 17.8 Å². The first-order valence-electron chi connectivity index (χ1n) is 5.94. The maximum Gasteiger partial charge on any atom is 0.378 e. The topological polar surface area (TPSA) is 110 Å². The molecule has 0 aromatic carbocycles. The van der Waals surface area contributed by atoms with Gasteiger partial charge in [-0.05, 0) is 4.92 Å². The third-order valence-corrected chi connectivity index (χ3v) is 2.47. The molecule has 0 saturated heterocycles. The molecule has 1 aromatic heterocycles. The predicted octanol–water partition coefficient (Wildman–Crippen LogP) is 1.36. The van der Waals surface area contributed by atoms with Crippen LogP contribution < -0.4 is 0 Å². The zero-order valence-corrected chi connectivity index (χ0v) is 12.0. The maximum absolute atomic E-state index is 11.6. The Morgan fingerprint density at radius 1 is 1.36 bits per heavy atom. The molecule has 0 amide bonds. The van der Waals surface area contributed by atoms with E-state index in [-0.39, 0.29) is 18.1 Å². The van der Waals surface area contributed by atoms with E-state index in [1.165, 1.54) is 12.1 Å². The van der Waals surface area contributed by atoms with E-state index in [4.69, 9.17) is 4.74 Å². The number of aromatic nitrogens is 1. The van der Waals surface area contributed by atoms with Crippen molar-refractivity contribution in [3.63, 3.8) is 0 Å². The van der Waals surface area contributed by atoms with Gasteiger partial charge < -0.3 is 24.3 Å². The highest BCUT2D eigenvalue weighted by atomic mass is 16.6. The van der Waals surface area contributed by atoms with E-state index < -0.39 is 22.7 Å². The fourth-order valence-electron chi connectivity index (χ4n) is 1.51. The van der Waals surface area contributed by atoms with Gasteiger partial charge in [-0.15, -0.1) is 0 Å².